The van der Waals surface area contributed by atoms with Gasteiger partial charge in [-0.25, -0.2) is 4.98 Å². The highest BCUT2D eigenvalue weighted by atomic mass is 19.4. The van der Waals surface area contributed by atoms with Crippen LogP contribution in [0.5, 0.6) is 11.5 Å². The molecule has 19 nitrogen and oxygen atoms in total. The van der Waals surface area contributed by atoms with Gasteiger partial charge in [-0.2, -0.15) is 23.4 Å². The number of alkyl halides is 3. The number of nitrogens with one attached hydrogen (secondary N) is 2. The van der Waals surface area contributed by atoms with E-state index in [1.54, 1.807) is 17.0 Å². The van der Waals surface area contributed by atoms with Gasteiger partial charge in [0.2, 0.25) is 23.6 Å². The zero-order chi connectivity index (χ0) is 59.9. The number of phenols is 2. The zero-order valence-corrected chi connectivity index (χ0v) is 47.9. The van der Waals surface area contributed by atoms with Crippen LogP contribution < -0.4 is 20.4 Å². The molecule has 1 atom stereocenters. The van der Waals surface area contributed by atoms with Gasteiger partial charge in [-0.05, 0) is 77.4 Å². The van der Waals surface area contributed by atoms with Crippen LogP contribution >= 0.6 is 0 Å². The van der Waals surface area contributed by atoms with Gasteiger partial charge in [0, 0.05) is 113 Å². The Balaban J connectivity index is 0.726. The topological polar surface area (TPSA) is 215 Å². The van der Waals surface area contributed by atoms with Crippen molar-refractivity contribution >= 4 is 45.9 Å². The molecule has 7 aromatic rings. The Morgan fingerprint density at radius 2 is 1.55 bits per heavy atom. The van der Waals surface area contributed by atoms with Crippen LogP contribution in [0.3, 0.4) is 0 Å². The number of hydrogen-bond acceptors (Lipinski definition) is 15. The van der Waals surface area contributed by atoms with Crippen LogP contribution in [0.1, 0.15) is 76.7 Å². The second-order valence-corrected chi connectivity index (χ2v) is 22.2. The maximum absolute atomic E-state index is 13.7. The third-order valence-electron chi connectivity index (χ3n) is 15.9. The van der Waals surface area contributed by atoms with Crippen molar-refractivity contribution in [2.45, 2.75) is 77.4 Å². The fourth-order valence-corrected chi connectivity index (χ4v) is 11.6. The number of aromatic nitrogens is 5. The summed E-state index contributed by atoms with van der Waals surface area (Å²) >= 11 is 0. The van der Waals surface area contributed by atoms with E-state index in [2.05, 4.69) is 108 Å². The largest absolute Gasteiger partial charge is 0.508 e. The number of benzene rings is 5. The summed E-state index contributed by atoms with van der Waals surface area (Å²) in [6.45, 7) is 13.5. The number of nitrogens with zero attached hydrogens (tertiary/aromatic N) is 12. The first kappa shape index (κ1) is 59.1. The Bertz CT molecular complexity index is 3610. The minimum atomic E-state index is -4.66. The van der Waals surface area contributed by atoms with Gasteiger partial charge < -0.3 is 40.4 Å². The Kier molecular flexibility index (Phi) is 18.0. The van der Waals surface area contributed by atoms with Crippen molar-refractivity contribution in [3.8, 4) is 34.6 Å². The average molecular weight is 1160 g/mol. The SMILES string of the molecule is C=CC(=O)N1CCN(c2nc(NCCC(=O)N3CCN(Cc4ccc(CN(C)Cc5ccc(-n6c(C(=O)NCC(F)(F)F)nnc6-c6cc(C(C)C)c(O)cc6O)cc5)cc4)CC3)nc3c2CCN(c2cccc4ccccc24)C3)CC1CC#N. The van der Waals surface area contributed by atoms with E-state index < -0.39 is 24.5 Å². The van der Waals surface area contributed by atoms with Gasteiger partial charge in [0.15, 0.2) is 5.82 Å². The van der Waals surface area contributed by atoms with E-state index in [0.29, 0.717) is 82.5 Å². The van der Waals surface area contributed by atoms with Crippen LogP contribution in [0.2, 0.25) is 0 Å². The van der Waals surface area contributed by atoms with Crippen molar-refractivity contribution in [3.05, 3.63) is 155 Å². The molecule has 2 saturated heterocycles. The molecule has 1 unspecified atom stereocenters. The minimum absolute atomic E-state index is 0.00225. The van der Waals surface area contributed by atoms with Gasteiger partial charge in [0.25, 0.3) is 5.91 Å². The second kappa shape index (κ2) is 25.8. The standard InChI is InChI=1S/C63H69F3N14O5/c1-5-56(83)79-32-31-78(38-47(79)21-24-67)58-49-23-26-77(53-12-8-10-45-9-6-7-11-48(45)53)39-52(49)70-62(71-58)68-25-22-57(84)76-29-27-75(28-30-76)37-44-15-13-42(14-16-44)35-74(4)36-43-17-19-46(20-18-43)80-59(51-33-50(41(2)3)54(81)34-55(51)82)72-73-60(80)61(85)69-40-63(64,65)66/h5-20,33-34,41,47,81-82H,1,21-23,25-32,35-40H2,2-4H3,(H,69,85)(H,68,70,71). The summed E-state index contributed by atoms with van der Waals surface area (Å²) in [5.74, 6) is -1.07. The number of carbonyl (C=O) groups excluding carboxylic acids is 3. The zero-order valence-electron chi connectivity index (χ0n) is 47.9. The Morgan fingerprint density at radius 1 is 0.847 bits per heavy atom. The van der Waals surface area contributed by atoms with Crippen LogP contribution in [0, 0.1) is 11.3 Å². The maximum Gasteiger partial charge on any atom is 0.405 e. The van der Waals surface area contributed by atoms with E-state index >= 15 is 0 Å². The lowest BCUT2D eigenvalue weighted by atomic mass is 9.98. The average Bonchev–Trinajstić information content (AvgIpc) is 2.63. The molecule has 0 aliphatic carbocycles. The molecule has 2 aromatic heterocycles. The first-order valence-electron chi connectivity index (χ1n) is 28.6. The molecule has 0 spiro atoms. The van der Waals surface area contributed by atoms with E-state index in [9.17, 15) is 43.0 Å². The van der Waals surface area contributed by atoms with Crippen LogP contribution in [-0.2, 0) is 42.2 Å². The Morgan fingerprint density at radius 3 is 2.26 bits per heavy atom. The van der Waals surface area contributed by atoms with Gasteiger partial charge in [-0.15, -0.1) is 10.2 Å². The molecule has 0 radical (unpaired) electrons. The molecule has 0 bridgehead atoms. The molecule has 10 rings (SSSR count). The summed E-state index contributed by atoms with van der Waals surface area (Å²) in [5, 5.41) is 46.8. The fourth-order valence-electron chi connectivity index (χ4n) is 11.6. The Hall–Kier alpha value is -9.07. The lowest BCUT2D eigenvalue weighted by molar-refractivity contribution is -0.132. The van der Waals surface area contributed by atoms with E-state index in [1.807, 2.05) is 49.3 Å². The summed E-state index contributed by atoms with van der Waals surface area (Å²) < 4.78 is 40.7. The van der Waals surface area contributed by atoms with Gasteiger partial charge in [0.05, 0.1) is 36.3 Å². The molecule has 85 heavy (non-hydrogen) atoms. The summed E-state index contributed by atoms with van der Waals surface area (Å²) in [6.07, 6.45) is -2.20. The third kappa shape index (κ3) is 13.8. The quantitative estimate of drug-likeness (QED) is 0.0562. The number of hydrogen-bond donors (Lipinski definition) is 4. The highest BCUT2D eigenvalue weighted by molar-refractivity contribution is 5.95. The summed E-state index contributed by atoms with van der Waals surface area (Å²) in [5.41, 5.74) is 7.27. The first-order chi connectivity index (χ1) is 40.9. The number of carbonyl (C=O) groups is 3. The molecule has 5 aromatic carbocycles. The number of aromatic hydroxyl groups is 2. The monoisotopic (exact) mass is 1160 g/mol. The molecular formula is C63H69F3N14O5. The molecule has 22 heteroatoms. The number of fused-ring (bicyclic) bond motifs is 2. The number of amides is 3. The third-order valence-corrected chi connectivity index (χ3v) is 15.9. The molecular weight excluding hydrogens is 1090 g/mol. The molecule has 5 heterocycles. The summed E-state index contributed by atoms with van der Waals surface area (Å²) in [4.78, 5) is 62.4. The summed E-state index contributed by atoms with van der Waals surface area (Å²) in [7, 11) is 1.99. The number of nitriles is 1. The molecule has 0 saturated carbocycles. The van der Waals surface area contributed by atoms with Gasteiger partial charge in [0.1, 0.15) is 23.9 Å². The molecule has 3 aliphatic rings. The van der Waals surface area contributed by atoms with Crippen molar-refractivity contribution in [1.29, 1.82) is 5.26 Å². The van der Waals surface area contributed by atoms with Crippen molar-refractivity contribution in [2.24, 2.45) is 0 Å². The smallest absolute Gasteiger partial charge is 0.405 e. The predicted molar refractivity (Wildman–Crippen MR) is 318 cm³/mol. The normalized spacial score (nSPS) is 15.7. The molecule has 2 fully saturated rings. The second-order valence-electron chi connectivity index (χ2n) is 22.2. The highest BCUT2D eigenvalue weighted by Crippen LogP contribution is 2.39. The van der Waals surface area contributed by atoms with E-state index in [0.717, 1.165) is 77.1 Å². The Labute approximate surface area is 491 Å². The minimum Gasteiger partial charge on any atom is -0.508 e. The lowest BCUT2D eigenvalue weighted by Gasteiger charge is -2.42. The number of halogens is 3. The molecule has 3 amide bonds. The molecule has 3 aliphatic heterocycles. The van der Waals surface area contributed by atoms with E-state index in [1.165, 1.54) is 22.1 Å². The predicted octanol–water partition coefficient (Wildman–Crippen LogP) is 8.16. The number of anilines is 3. The fraction of sp³-hybridized carbons (Fsp3) is 0.365. The number of piperazine rings is 2. The summed E-state index contributed by atoms with van der Waals surface area (Å²) in [6, 6.07) is 34.9. The van der Waals surface area contributed by atoms with Crippen molar-refractivity contribution in [1.82, 2.24) is 49.6 Å². The van der Waals surface area contributed by atoms with Crippen LogP contribution in [0.15, 0.2) is 116 Å². The van der Waals surface area contributed by atoms with Crippen LogP contribution in [0.25, 0.3) is 27.8 Å². The van der Waals surface area contributed by atoms with Crippen molar-refractivity contribution in [2.75, 3.05) is 87.6 Å². The molecule has 4 N–H and O–H groups in total. The van der Waals surface area contributed by atoms with Crippen molar-refractivity contribution in [3.63, 3.8) is 0 Å². The number of rotatable bonds is 19. The van der Waals surface area contributed by atoms with E-state index in [4.69, 9.17) is 9.97 Å². The van der Waals surface area contributed by atoms with Gasteiger partial charge in [-0.3, -0.25) is 28.8 Å². The first-order valence-corrected chi connectivity index (χ1v) is 28.6. The number of phenolic OH excluding ortho intramolecular Hbond substituents is 2. The van der Waals surface area contributed by atoms with Gasteiger partial charge >= 0.3 is 6.18 Å². The lowest BCUT2D eigenvalue weighted by Crippen LogP contribution is -2.55. The molecule has 442 valence electrons. The van der Waals surface area contributed by atoms with Crippen molar-refractivity contribution < 1.29 is 37.8 Å². The van der Waals surface area contributed by atoms with Crippen LogP contribution in [-0.4, -0.2) is 157 Å². The maximum atomic E-state index is 13.7. The highest BCUT2D eigenvalue weighted by Gasteiger charge is 2.35. The van der Waals surface area contributed by atoms with E-state index in [-0.39, 0.29) is 59.5 Å². The van der Waals surface area contributed by atoms with Crippen LogP contribution in [0.4, 0.5) is 30.6 Å². The van der Waals surface area contributed by atoms with Gasteiger partial charge in [-0.1, -0.05) is 93.2 Å².